The summed E-state index contributed by atoms with van der Waals surface area (Å²) in [5.74, 6) is 0.957. The molecule has 2 aromatic heterocycles. The van der Waals surface area contributed by atoms with Crippen LogP contribution in [0.5, 0.6) is 5.75 Å². The van der Waals surface area contributed by atoms with Gasteiger partial charge in [-0.05, 0) is 37.6 Å². The lowest BCUT2D eigenvalue weighted by Gasteiger charge is -2.12. The van der Waals surface area contributed by atoms with Crippen LogP contribution in [0.2, 0.25) is 0 Å². The number of hydrogen-bond acceptors (Lipinski definition) is 7. The molecule has 0 fully saturated rings. The predicted octanol–water partition coefficient (Wildman–Crippen LogP) is 3.55. The zero-order valence-corrected chi connectivity index (χ0v) is 19.2. The lowest BCUT2D eigenvalue weighted by Crippen LogP contribution is -2.29. The summed E-state index contributed by atoms with van der Waals surface area (Å²) in [5.41, 5.74) is 0.705. The Morgan fingerprint density at radius 1 is 1.24 bits per heavy atom. The lowest BCUT2D eigenvalue weighted by molar-refractivity contribution is -0.118. The number of rotatable bonds is 8. The topological polar surface area (TPSA) is 110 Å². The molecule has 0 atom stereocenters. The van der Waals surface area contributed by atoms with Crippen LogP contribution < -0.4 is 15.6 Å². The fourth-order valence-corrected chi connectivity index (χ4v) is 3.68. The molecule has 0 aliphatic heterocycles. The van der Waals surface area contributed by atoms with Gasteiger partial charge < -0.3 is 14.5 Å². The van der Waals surface area contributed by atoms with Gasteiger partial charge >= 0.3 is 0 Å². The molecule has 170 valence electrons. The van der Waals surface area contributed by atoms with E-state index in [1.165, 1.54) is 10.6 Å². The van der Waals surface area contributed by atoms with Gasteiger partial charge in [0.25, 0.3) is 5.56 Å². The standard InChI is InChI=1S/C24H24N4O4S/c1-17(2)27-24(33-16-22(29)26-14-21-9-8-20(13-25)32-21)28-11-10-19(12-23(28)30)31-15-18-6-4-3-5-7-18/h3-12,17H,14-16H2,1-2H3,(H,26,29). The number of thioether (sulfide) groups is 1. The molecule has 9 heteroatoms. The molecule has 33 heavy (non-hydrogen) atoms. The monoisotopic (exact) mass is 464 g/mol. The molecule has 1 amide bonds. The second-order valence-electron chi connectivity index (χ2n) is 7.29. The maximum Gasteiger partial charge on any atom is 0.260 e. The largest absolute Gasteiger partial charge is 0.489 e. The third-order valence-corrected chi connectivity index (χ3v) is 5.24. The van der Waals surface area contributed by atoms with E-state index in [0.29, 0.717) is 23.3 Å². The van der Waals surface area contributed by atoms with Gasteiger partial charge in [-0.25, -0.2) is 0 Å². The minimum absolute atomic E-state index is 0.0655. The molecule has 0 radical (unpaired) electrons. The number of aromatic nitrogens is 1. The van der Waals surface area contributed by atoms with Gasteiger partial charge in [-0.15, -0.1) is 0 Å². The summed E-state index contributed by atoms with van der Waals surface area (Å²) < 4.78 is 12.4. The van der Waals surface area contributed by atoms with Crippen LogP contribution in [0.15, 0.2) is 75.0 Å². The Hall–Kier alpha value is -3.77. The summed E-state index contributed by atoms with van der Waals surface area (Å²) in [5, 5.41) is 11.9. The molecule has 0 spiro atoms. The molecule has 0 saturated heterocycles. The van der Waals surface area contributed by atoms with E-state index in [0.717, 1.165) is 17.3 Å². The third-order valence-electron chi connectivity index (χ3n) is 4.28. The Balaban J connectivity index is 1.61. The number of furan rings is 1. The van der Waals surface area contributed by atoms with Crippen molar-refractivity contribution in [1.82, 2.24) is 9.88 Å². The van der Waals surface area contributed by atoms with E-state index in [-0.39, 0.29) is 35.6 Å². The number of amides is 1. The summed E-state index contributed by atoms with van der Waals surface area (Å²) >= 11 is 1.16. The lowest BCUT2D eigenvalue weighted by atomic mass is 10.2. The molecule has 0 bridgehead atoms. The van der Waals surface area contributed by atoms with Crippen molar-refractivity contribution in [2.75, 3.05) is 5.75 Å². The highest BCUT2D eigenvalue weighted by molar-refractivity contribution is 8.14. The van der Waals surface area contributed by atoms with Crippen molar-refractivity contribution < 1.29 is 13.9 Å². The zero-order valence-electron chi connectivity index (χ0n) is 18.4. The van der Waals surface area contributed by atoms with E-state index in [1.54, 1.807) is 24.4 Å². The van der Waals surface area contributed by atoms with Gasteiger partial charge in [-0.1, -0.05) is 42.1 Å². The first-order valence-electron chi connectivity index (χ1n) is 10.3. The van der Waals surface area contributed by atoms with E-state index in [4.69, 9.17) is 14.4 Å². The Morgan fingerprint density at radius 3 is 2.70 bits per heavy atom. The maximum atomic E-state index is 12.7. The van der Waals surface area contributed by atoms with Gasteiger partial charge in [0.05, 0.1) is 12.3 Å². The van der Waals surface area contributed by atoms with Gasteiger partial charge in [0.2, 0.25) is 11.7 Å². The van der Waals surface area contributed by atoms with E-state index >= 15 is 0 Å². The van der Waals surface area contributed by atoms with Gasteiger partial charge in [-0.3, -0.25) is 19.1 Å². The highest BCUT2D eigenvalue weighted by Crippen LogP contribution is 2.13. The maximum absolute atomic E-state index is 12.7. The first-order valence-corrected chi connectivity index (χ1v) is 11.3. The summed E-state index contributed by atoms with van der Waals surface area (Å²) in [7, 11) is 0. The number of nitrogens with zero attached hydrogens (tertiary/aromatic N) is 3. The van der Waals surface area contributed by atoms with E-state index in [2.05, 4.69) is 10.3 Å². The van der Waals surface area contributed by atoms with Crippen molar-refractivity contribution in [1.29, 1.82) is 5.26 Å². The molecule has 0 unspecified atom stereocenters. The number of carbonyl (C=O) groups excluding carboxylic acids is 1. The van der Waals surface area contributed by atoms with Gasteiger partial charge in [0, 0.05) is 18.3 Å². The minimum Gasteiger partial charge on any atom is -0.489 e. The third kappa shape index (κ3) is 7.40. The van der Waals surface area contributed by atoms with Crippen LogP contribution >= 0.6 is 11.8 Å². The second-order valence-corrected chi connectivity index (χ2v) is 8.24. The van der Waals surface area contributed by atoms with Crippen molar-refractivity contribution in [3.8, 4) is 11.8 Å². The van der Waals surface area contributed by atoms with Crippen LogP contribution in [0.3, 0.4) is 0 Å². The molecule has 1 N–H and O–H groups in total. The van der Waals surface area contributed by atoms with E-state index in [9.17, 15) is 9.59 Å². The second kappa shape index (κ2) is 11.7. The van der Waals surface area contributed by atoms with Crippen molar-refractivity contribution >= 4 is 22.8 Å². The Morgan fingerprint density at radius 2 is 2.03 bits per heavy atom. The molecule has 3 rings (SSSR count). The molecule has 2 heterocycles. The average Bonchev–Trinajstić information content (AvgIpc) is 3.28. The number of nitrogens with one attached hydrogen (secondary N) is 1. The number of pyridine rings is 1. The Bertz CT molecular complexity index is 1210. The van der Waals surface area contributed by atoms with Crippen LogP contribution in [-0.4, -0.2) is 27.4 Å². The number of carbonyl (C=O) groups is 1. The molecular formula is C24H24N4O4S. The summed E-state index contributed by atoms with van der Waals surface area (Å²) in [6, 6.07) is 17.8. The first-order chi connectivity index (χ1) is 15.9. The predicted molar refractivity (Wildman–Crippen MR) is 127 cm³/mol. The zero-order chi connectivity index (χ0) is 23.6. The van der Waals surface area contributed by atoms with E-state index < -0.39 is 0 Å². The minimum atomic E-state index is -0.299. The average molecular weight is 465 g/mol. The Kier molecular flexibility index (Phi) is 8.49. The molecule has 0 aliphatic carbocycles. The number of benzene rings is 1. The van der Waals surface area contributed by atoms with Crippen LogP contribution in [0.1, 0.15) is 30.9 Å². The highest BCUT2D eigenvalue weighted by atomic mass is 32.2. The van der Waals surface area contributed by atoms with Gasteiger partial charge in [0.1, 0.15) is 24.2 Å². The SMILES string of the molecule is CC(C)N=C(SCC(=O)NCc1ccc(C#N)o1)n1ccc(OCc2ccccc2)cc1=O. The van der Waals surface area contributed by atoms with Gasteiger partial charge in [0.15, 0.2) is 5.17 Å². The number of nitriles is 1. The van der Waals surface area contributed by atoms with E-state index in [1.807, 2.05) is 50.2 Å². The molecular weight excluding hydrogens is 440 g/mol. The fraction of sp³-hybridized carbons (Fsp3) is 0.250. The molecule has 8 nitrogen and oxygen atoms in total. The summed E-state index contributed by atoms with van der Waals surface area (Å²) in [6.07, 6.45) is 1.60. The smallest absolute Gasteiger partial charge is 0.260 e. The summed E-state index contributed by atoms with van der Waals surface area (Å²) in [6.45, 7) is 4.32. The van der Waals surface area contributed by atoms with Gasteiger partial charge in [-0.2, -0.15) is 5.26 Å². The van der Waals surface area contributed by atoms with Crippen LogP contribution in [-0.2, 0) is 17.9 Å². The first kappa shape index (κ1) is 23.9. The quantitative estimate of drug-likeness (QED) is 0.403. The molecule has 3 aromatic rings. The molecule has 0 saturated carbocycles. The Labute approximate surface area is 195 Å². The number of ether oxygens (including phenoxy) is 1. The van der Waals surface area contributed by atoms with Crippen LogP contribution in [0.4, 0.5) is 0 Å². The van der Waals surface area contributed by atoms with Crippen LogP contribution in [0.25, 0.3) is 0 Å². The molecule has 1 aromatic carbocycles. The highest BCUT2D eigenvalue weighted by Gasteiger charge is 2.12. The van der Waals surface area contributed by atoms with Crippen molar-refractivity contribution in [2.45, 2.75) is 33.0 Å². The number of hydrogen-bond donors (Lipinski definition) is 1. The number of aliphatic imine (C=N–C) groups is 1. The van der Waals surface area contributed by atoms with Crippen molar-refractivity contribution in [3.05, 3.63) is 88.2 Å². The normalized spacial score (nSPS) is 11.3. The fourth-order valence-electron chi connectivity index (χ4n) is 2.74. The molecule has 0 aliphatic rings. The summed E-state index contributed by atoms with van der Waals surface area (Å²) in [4.78, 5) is 29.5. The van der Waals surface area contributed by atoms with Crippen molar-refractivity contribution in [3.63, 3.8) is 0 Å². The van der Waals surface area contributed by atoms with Crippen LogP contribution in [0, 0.1) is 11.3 Å². The van der Waals surface area contributed by atoms with Crippen molar-refractivity contribution in [2.24, 2.45) is 4.99 Å².